The fraction of sp³-hybridized carbons (Fsp3) is 0.909. The van der Waals surface area contributed by atoms with Gasteiger partial charge >= 0.3 is 6.09 Å². The second kappa shape index (κ2) is 5.89. The molecular weight excluding hydrogens is 178 g/mol. The predicted molar refractivity (Wildman–Crippen MR) is 55.9 cm³/mol. The maximum Gasteiger partial charge on any atom is 0.404 e. The Morgan fingerprint density at radius 2 is 2.29 bits per heavy atom. The lowest BCUT2D eigenvalue weighted by atomic mass is 9.84. The molecule has 0 aromatic carbocycles. The SMILES string of the molecule is CCCCC1CCCC(OC(N)=O)C1. The Bertz CT molecular complexity index is 182. The standard InChI is InChI=1S/C11H21NO2/c1-2-3-5-9-6-4-7-10(8-9)14-11(12)13/h9-10H,2-8H2,1H3,(H2,12,13). The van der Waals surface area contributed by atoms with E-state index in [2.05, 4.69) is 6.92 Å². The number of rotatable bonds is 4. The van der Waals surface area contributed by atoms with Gasteiger partial charge in [0.05, 0.1) is 0 Å². The molecule has 0 aliphatic heterocycles. The molecule has 0 aromatic heterocycles. The topological polar surface area (TPSA) is 52.3 Å². The third-order valence-electron chi connectivity index (χ3n) is 2.98. The van der Waals surface area contributed by atoms with E-state index in [4.69, 9.17) is 10.5 Å². The van der Waals surface area contributed by atoms with Crippen molar-refractivity contribution < 1.29 is 9.53 Å². The minimum Gasteiger partial charge on any atom is -0.446 e. The summed E-state index contributed by atoms with van der Waals surface area (Å²) in [5.41, 5.74) is 5.01. The number of amides is 1. The highest BCUT2D eigenvalue weighted by Crippen LogP contribution is 2.29. The number of ether oxygens (including phenoxy) is 1. The van der Waals surface area contributed by atoms with Crippen LogP contribution in [0.5, 0.6) is 0 Å². The minimum absolute atomic E-state index is 0.0862. The van der Waals surface area contributed by atoms with Crippen molar-refractivity contribution in [3.63, 3.8) is 0 Å². The van der Waals surface area contributed by atoms with Gasteiger partial charge in [-0.15, -0.1) is 0 Å². The molecule has 1 aliphatic rings. The smallest absolute Gasteiger partial charge is 0.404 e. The molecule has 1 amide bonds. The van der Waals surface area contributed by atoms with Crippen LogP contribution >= 0.6 is 0 Å². The van der Waals surface area contributed by atoms with Gasteiger partial charge in [-0.25, -0.2) is 4.79 Å². The summed E-state index contributed by atoms with van der Waals surface area (Å²) < 4.78 is 5.04. The Kier molecular flexibility index (Phi) is 4.77. The van der Waals surface area contributed by atoms with Crippen molar-refractivity contribution in [2.75, 3.05) is 0 Å². The van der Waals surface area contributed by atoms with Gasteiger partial charge < -0.3 is 10.5 Å². The largest absolute Gasteiger partial charge is 0.446 e. The summed E-state index contributed by atoms with van der Waals surface area (Å²) in [7, 11) is 0. The Balaban J connectivity index is 2.24. The molecule has 0 spiro atoms. The van der Waals surface area contributed by atoms with Gasteiger partial charge in [-0.1, -0.05) is 32.6 Å². The van der Waals surface area contributed by atoms with Crippen LogP contribution in [0.25, 0.3) is 0 Å². The van der Waals surface area contributed by atoms with E-state index in [-0.39, 0.29) is 6.10 Å². The molecule has 1 fully saturated rings. The molecule has 0 radical (unpaired) electrons. The van der Waals surface area contributed by atoms with Crippen LogP contribution in [-0.4, -0.2) is 12.2 Å². The molecule has 2 N–H and O–H groups in total. The van der Waals surface area contributed by atoms with Gasteiger partial charge in [0.25, 0.3) is 0 Å². The van der Waals surface area contributed by atoms with Gasteiger partial charge in [-0.2, -0.15) is 0 Å². The minimum atomic E-state index is -0.619. The number of unbranched alkanes of at least 4 members (excludes halogenated alkanes) is 1. The molecule has 82 valence electrons. The van der Waals surface area contributed by atoms with Crippen LogP contribution < -0.4 is 5.73 Å². The maximum atomic E-state index is 10.6. The summed E-state index contributed by atoms with van der Waals surface area (Å²) in [6.45, 7) is 2.21. The average molecular weight is 199 g/mol. The highest BCUT2D eigenvalue weighted by atomic mass is 16.6. The molecule has 0 aromatic rings. The normalized spacial score (nSPS) is 27.2. The van der Waals surface area contributed by atoms with Gasteiger partial charge in [0, 0.05) is 0 Å². The lowest BCUT2D eigenvalue weighted by Crippen LogP contribution is -2.28. The molecular formula is C11H21NO2. The first kappa shape index (κ1) is 11.3. The number of primary amides is 1. The number of hydrogen-bond acceptors (Lipinski definition) is 2. The van der Waals surface area contributed by atoms with Crippen molar-refractivity contribution in [2.24, 2.45) is 11.7 Å². The van der Waals surface area contributed by atoms with E-state index in [1.54, 1.807) is 0 Å². The second-order valence-corrected chi connectivity index (χ2v) is 4.23. The lowest BCUT2D eigenvalue weighted by molar-refractivity contribution is 0.0641. The van der Waals surface area contributed by atoms with Crippen molar-refractivity contribution >= 4 is 6.09 Å². The van der Waals surface area contributed by atoms with E-state index in [0.29, 0.717) is 0 Å². The molecule has 2 atom stereocenters. The van der Waals surface area contributed by atoms with Crippen molar-refractivity contribution in [3.05, 3.63) is 0 Å². The first-order chi connectivity index (χ1) is 6.72. The molecule has 14 heavy (non-hydrogen) atoms. The van der Waals surface area contributed by atoms with E-state index in [1.807, 2.05) is 0 Å². The molecule has 1 saturated carbocycles. The van der Waals surface area contributed by atoms with Crippen LogP contribution in [0.2, 0.25) is 0 Å². The molecule has 2 unspecified atom stereocenters. The summed E-state index contributed by atoms with van der Waals surface area (Å²) in [5, 5.41) is 0. The second-order valence-electron chi connectivity index (χ2n) is 4.23. The number of nitrogens with two attached hydrogens (primary N) is 1. The molecule has 0 heterocycles. The number of carbonyl (C=O) groups is 1. The zero-order valence-corrected chi connectivity index (χ0v) is 9.00. The Hall–Kier alpha value is -0.730. The predicted octanol–water partition coefficient (Wildman–Crippen LogP) is 2.83. The van der Waals surface area contributed by atoms with E-state index in [1.165, 1.54) is 32.1 Å². The van der Waals surface area contributed by atoms with Crippen molar-refractivity contribution in [1.29, 1.82) is 0 Å². The van der Waals surface area contributed by atoms with Crippen LogP contribution in [0.15, 0.2) is 0 Å². The van der Waals surface area contributed by atoms with E-state index >= 15 is 0 Å². The van der Waals surface area contributed by atoms with E-state index in [0.717, 1.165) is 18.8 Å². The quantitative estimate of drug-likeness (QED) is 0.757. The van der Waals surface area contributed by atoms with Crippen molar-refractivity contribution in [1.82, 2.24) is 0 Å². The van der Waals surface area contributed by atoms with E-state index < -0.39 is 6.09 Å². The van der Waals surface area contributed by atoms with Crippen LogP contribution in [0, 0.1) is 5.92 Å². The summed E-state index contributed by atoms with van der Waals surface area (Å²) in [4.78, 5) is 10.6. The number of hydrogen-bond donors (Lipinski definition) is 1. The monoisotopic (exact) mass is 199 g/mol. The zero-order valence-electron chi connectivity index (χ0n) is 9.00. The van der Waals surface area contributed by atoms with Crippen LogP contribution in [0.4, 0.5) is 4.79 Å². The summed E-state index contributed by atoms with van der Waals surface area (Å²) >= 11 is 0. The summed E-state index contributed by atoms with van der Waals surface area (Å²) in [6, 6.07) is 0. The van der Waals surface area contributed by atoms with E-state index in [9.17, 15) is 4.79 Å². The molecule has 0 saturated heterocycles. The molecule has 1 aliphatic carbocycles. The Morgan fingerprint density at radius 3 is 2.93 bits per heavy atom. The van der Waals surface area contributed by atoms with Crippen molar-refractivity contribution in [2.45, 2.75) is 58.0 Å². The van der Waals surface area contributed by atoms with Crippen LogP contribution in [0.1, 0.15) is 51.9 Å². The first-order valence-corrected chi connectivity index (χ1v) is 5.68. The number of carbonyl (C=O) groups excluding carboxylic acids is 1. The average Bonchev–Trinajstić information content (AvgIpc) is 2.14. The Morgan fingerprint density at radius 1 is 1.50 bits per heavy atom. The summed E-state index contributed by atoms with van der Waals surface area (Å²) in [6.07, 6.45) is 7.75. The maximum absolute atomic E-state index is 10.6. The van der Waals surface area contributed by atoms with Gasteiger partial charge in [-0.05, 0) is 25.2 Å². The molecule has 3 heteroatoms. The third kappa shape index (κ3) is 3.99. The molecule has 3 nitrogen and oxygen atoms in total. The van der Waals surface area contributed by atoms with Crippen LogP contribution in [-0.2, 0) is 4.74 Å². The van der Waals surface area contributed by atoms with Gasteiger partial charge in [0.15, 0.2) is 0 Å². The third-order valence-corrected chi connectivity index (χ3v) is 2.98. The first-order valence-electron chi connectivity index (χ1n) is 5.68. The fourth-order valence-electron chi connectivity index (χ4n) is 2.27. The summed E-state index contributed by atoms with van der Waals surface area (Å²) in [5.74, 6) is 0.744. The Labute approximate surface area is 86.0 Å². The van der Waals surface area contributed by atoms with Gasteiger partial charge in [0.1, 0.15) is 6.10 Å². The highest BCUT2D eigenvalue weighted by Gasteiger charge is 2.23. The van der Waals surface area contributed by atoms with Crippen molar-refractivity contribution in [3.8, 4) is 0 Å². The van der Waals surface area contributed by atoms with Crippen LogP contribution in [0.3, 0.4) is 0 Å². The van der Waals surface area contributed by atoms with Gasteiger partial charge in [0.2, 0.25) is 0 Å². The molecule has 0 bridgehead atoms. The fourth-order valence-corrected chi connectivity index (χ4v) is 2.27. The van der Waals surface area contributed by atoms with Gasteiger partial charge in [-0.3, -0.25) is 0 Å². The highest BCUT2D eigenvalue weighted by molar-refractivity contribution is 5.64. The molecule has 1 rings (SSSR count). The lowest BCUT2D eigenvalue weighted by Gasteiger charge is -2.28. The zero-order chi connectivity index (χ0) is 10.4.